The highest BCUT2D eigenvalue weighted by Gasteiger charge is 2.09. The van der Waals surface area contributed by atoms with E-state index in [-0.39, 0.29) is 10.6 Å². The van der Waals surface area contributed by atoms with Crippen LogP contribution in [0.3, 0.4) is 0 Å². The molecule has 0 aliphatic heterocycles. The molecule has 0 bridgehead atoms. The van der Waals surface area contributed by atoms with Gasteiger partial charge in [-0.05, 0) is 29.8 Å². The van der Waals surface area contributed by atoms with Crippen LogP contribution >= 0.6 is 34.8 Å². The quantitative estimate of drug-likeness (QED) is 0.833. The van der Waals surface area contributed by atoms with Crippen molar-refractivity contribution in [3.8, 4) is 0 Å². The molecule has 0 saturated heterocycles. The van der Waals surface area contributed by atoms with Crippen LogP contribution in [-0.4, -0.2) is 11.1 Å². The number of carboxylic acid groups (broad SMARTS) is 1. The van der Waals surface area contributed by atoms with E-state index < -0.39 is 5.97 Å². The number of carboxylic acids is 1. The molecule has 0 heterocycles. The van der Waals surface area contributed by atoms with Crippen molar-refractivity contribution in [2.45, 2.75) is 6.54 Å². The zero-order valence-corrected chi connectivity index (χ0v) is 12.4. The normalized spacial score (nSPS) is 10.3. The van der Waals surface area contributed by atoms with E-state index in [1.165, 1.54) is 6.07 Å². The highest BCUT2D eigenvalue weighted by Crippen LogP contribution is 2.27. The number of nitrogens with one attached hydrogen (secondary N) is 1. The second kappa shape index (κ2) is 6.35. The number of anilines is 1. The second-order valence-corrected chi connectivity index (χ2v) is 5.26. The average molecular weight is 331 g/mol. The van der Waals surface area contributed by atoms with Gasteiger partial charge in [0.1, 0.15) is 0 Å². The molecule has 0 spiro atoms. The lowest BCUT2D eigenvalue weighted by molar-refractivity contribution is 0.0697. The minimum Gasteiger partial charge on any atom is -0.478 e. The van der Waals surface area contributed by atoms with Crippen molar-refractivity contribution in [1.82, 2.24) is 0 Å². The number of halogens is 3. The van der Waals surface area contributed by atoms with Gasteiger partial charge in [0, 0.05) is 12.2 Å². The van der Waals surface area contributed by atoms with Crippen LogP contribution in [0.2, 0.25) is 15.1 Å². The third-order valence-electron chi connectivity index (χ3n) is 2.71. The van der Waals surface area contributed by atoms with Crippen molar-refractivity contribution in [3.05, 3.63) is 62.6 Å². The van der Waals surface area contributed by atoms with Gasteiger partial charge in [-0.2, -0.15) is 0 Å². The van der Waals surface area contributed by atoms with Gasteiger partial charge < -0.3 is 10.4 Å². The number of hydrogen-bond donors (Lipinski definition) is 2. The van der Waals surface area contributed by atoms with Gasteiger partial charge in [-0.15, -0.1) is 0 Å². The van der Waals surface area contributed by atoms with Gasteiger partial charge in [-0.25, -0.2) is 4.79 Å². The molecule has 0 fully saturated rings. The van der Waals surface area contributed by atoms with E-state index in [1.807, 2.05) is 12.1 Å². The Morgan fingerprint density at radius 2 is 1.85 bits per heavy atom. The lowest BCUT2D eigenvalue weighted by Crippen LogP contribution is -2.02. The van der Waals surface area contributed by atoms with Gasteiger partial charge >= 0.3 is 5.97 Å². The van der Waals surface area contributed by atoms with Crippen LogP contribution in [-0.2, 0) is 6.54 Å². The van der Waals surface area contributed by atoms with Crippen molar-refractivity contribution in [1.29, 1.82) is 0 Å². The van der Waals surface area contributed by atoms with Crippen LogP contribution < -0.4 is 5.32 Å². The third-order valence-corrected chi connectivity index (χ3v) is 3.88. The molecule has 20 heavy (non-hydrogen) atoms. The summed E-state index contributed by atoms with van der Waals surface area (Å²) in [4.78, 5) is 10.9. The lowest BCUT2D eigenvalue weighted by Gasteiger charge is -2.10. The molecule has 0 atom stereocenters. The summed E-state index contributed by atoms with van der Waals surface area (Å²) < 4.78 is 0. The maximum absolute atomic E-state index is 10.9. The molecule has 0 aliphatic carbocycles. The molecular formula is C14H10Cl3NO2. The highest BCUT2D eigenvalue weighted by molar-refractivity contribution is 6.42. The van der Waals surface area contributed by atoms with Gasteiger partial charge in [0.2, 0.25) is 0 Å². The molecule has 0 aliphatic rings. The Kier molecular flexibility index (Phi) is 4.76. The van der Waals surface area contributed by atoms with Gasteiger partial charge in [-0.3, -0.25) is 0 Å². The highest BCUT2D eigenvalue weighted by atomic mass is 35.5. The van der Waals surface area contributed by atoms with Crippen LogP contribution in [0.4, 0.5) is 5.69 Å². The summed E-state index contributed by atoms with van der Waals surface area (Å²) in [6.07, 6.45) is 0. The number of carbonyl (C=O) groups is 1. The smallest absolute Gasteiger partial charge is 0.337 e. The van der Waals surface area contributed by atoms with E-state index in [2.05, 4.69) is 5.32 Å². The van der Waals surface area contributed by atoms with E-state index in [4.69, 9.17) is 39.9 Å². The van der Waals surface area contributed by atoms with Gasteiger partial charge in [0.25, 0.3) is 0 Å². The first-order valence-corrected chi connectivity index (χ1v) is 6.82. The molecule has 0 saturated carbocycles. The molecule has 0 unspecified atom stereocenters. The van der Waals surface area contributed by atoms with Gasteiger partial charge in [0.15, 0.2) is 0 Å². The first-order valence-electron chi connectivity index (χ1n) is 5.68. The zero-order chi connectivity index (χ0) is 14.7. The molecule has 0 aromatic heterocycles. The molecule has 3 nitrogen and oxygen atoms in total. The van der Waals surface area contributed by atoms with E-state index in [9.17, 15) is 4.79 Å². The van der Waals surface area contributed by atoms with Crippen molar-refractivity contribution < 1.29 is 9.90 Å². The summed E-state index contributed by atoms with van der Waals surface area (Å²) >= 11 is 17.9. The molecule has 104 valence electrons. The topological polar surface area (TPSA) is 49.3 Å². The standard InChI is InChI=1S/C14H10Cl3NO2/c15-11-3-1-2-8(13(11)17)7-18-9-4-5-10(14(19)20)12(16)6-9/h1-6,18H,7H2,(H,19,20). The molecule has 2 N–H and O–H groups in total. The second-order valence-electron chi connectivity index (χ2n) is 4.07. The fourth-order valence-corrected chi connectivity index (χ4v) is 2.33. The van der Waals surface area contributed by atoms with Crippen LogP contribution in [0.5, 0.6) is 0 Å². The minimum absolute atomic E-state index is 0.0676. The van der Waals surface area contributed by atoms with E-state index in [0.717, 1.165) is 5.56 Å². The fraction of sp³-hybridized carbons (Fsp3) is 0.0714. The summed E-state index contributed by atoms with van der Waals surface area (Å²) in [5.74, 6) is -1.06. The Bertz CT molecular complexity index is 659. The Balaban J connectivity index is 2.13. The summed E-state index contributed by atoms with van der Waals surface area (Å²) in [5.41, 5.74) is 1.62. The predicted molar refractivity (Wildman–Crippen MR) is 82.2 cm³/mol. The van der Waals surface area contributed by atoms with Crippen molar-refractivity contribution in [2.24, 2.45) is 0 Å². The number of rotatable bonds is 4. The average Bonchev–Trinajstić information content (AvgIpc) is 2.40. The maximum Gasteiger partial charge on any atom is 0.337 e. The number of hydrogen-bond acceptors (Lipinski definition) is 2. The van der Waals surface area contributed by atoms with Gasteiger partial charge in [0.05, 0.1) is 20.6 Å². The van der Waals surface area contributed by atoms with Crippen LogP contribution in [0.1, 0.15) is 15.9 Å². The largest absolute Gasteiger partial charge is 0.478 e. The number of aromatic carboxylic acids is 1. The molecule has 6 heteroatoms. The Morgan fingerprint density at radius 3 is 2.50 bits per heavy atom. The van der Waals surface area contributed by atoms with Crippen LogP contribution in [0, 0.1) is 0 Å². The Hall–Kier alpha value is -1.42. The fourth-order valence-electron chi connectivity index (χ4n) is 1.68. The molecule has 2 aromatic rings. The SMILES string of the molecule is O=C(O)c1ccc(NCc2cccc(Cl)c2Cl)cc1Cl. The first-order chi connectivity index (χ1) is 9.49. The van der Waals surface area contributed by atoms with E-state index in [1.54, 1.807) is 18.2 Å². The molecule has 0 radical (unpaired) electrons. The zero-order valence-electron chi connectivity index (χ0n) is 10.2. The van der Waals surface area contributed by atoms with E-state index >= 15 is 0 Å². The molecular weight excluding hydrogens is 321 g/mol. The summed E-state index contributed by atoms with van der Waals surface area (Å²) in [6, 6.07) is 10.0. The molecule has 2 rings (SSSR count). The minimum atomic E-state index is -1.06. The predicted octanol–water partition coefficient (Wildman–Crippen LogP) is 4.96. The first kappa shape index (κ1) is 15.0. The Morgan fingerprint density at radius 1 is 1.10 bits per heavy atom. The summed E-state index contributed by atoms with van der Waals surface area (Å²) in [5, 5.41) is 13.2. The van der Waals surface area contributed by atoms with E-state index in [0.29, 0.717) is 22.3 Å². The van der Waals surface area contributed by atoms with Crippen LogP contribution in [0.15, 0.2) is 36.4 Å². The van der Waals surface area contributed by atoms with Gasteiger partial charge in [-0.1, -0.05) is 46.9 Å². The molecule has 0 amide bonds. The number of benzene rings is 2. The Labute approximate surface area is 131 Å². The maximum atomic E-state index is 10.9. The third kappa shape index (κ3) is 3.37. The van der Waals surface area contributed by atoms with Crippen LogP contribution in [0.25, 0.3) is 0 Å². The van der Waals surface area contributed by atoms with Crippen molar-refractivity contribution in [2.75, 3.05) is 5.32 Å². The summed E-state index contributed by atoms with van der Waals surface area (Å²) in [7, 11) is 0. The summed E-state index contributed by atoms with van der Waals surface area (Å²) in [6.45, 7) is 0.460. The molecule has 2 aromatic carbocycles. The lowest BCUT2D eigenvalue weighted by atomic mass is 10.2. The monoisotopic (exact) mass is 329 g/mol. The van der Waals surface area contributed by atoms with Crippen molar-refractivity contribution in [3.63, 3.8) is 0 Å². The van der Waals surface area contributed by atoms with Crippen molar-refractivity contribution >= 4 is 46.5 Å².